The Morgan fingerprint density at radius 3 is 2.68 bits per heavy atom. The van der Waals surface area contributed by atoms with Gasteiger partial charge in [0.2, 0.25) is 10.9 Å². The molecule has 0 aliphatic carbocycles. The second-order valence-corrected chi connectivity index (χ2v) is 12.4. The van der Waals surface area contributed by atoms with E-state index in [9.17, 15) is 13.6 Å². The van der Waals surface area contributed by atoms with Gasteiger partial charge in [0.05, 0.1) is 30.1 Å². The molecule has 7 rings (SSSR count). The number of nitrogens with one attached hydrogen (secondary N) is 1. The molecule has 0 spiro atoms. The van der Waals surface area contributed by atoms with E-state index >= 15 is 0 Å². The fourth-order valence-corrected chi connectivity index (χ4v) is 7.07. The lowest BCUT2D eigenvalue weighted by atomic mass is 10.2. The number of H-pyrrole nitrogens is 1. The molecule has 3 aliphatic heterocycles. The van der Waals surface area contributed by atoms with Crippen LogP contribution < -0.4 is 30.5 Å². The van der Waals surface area contributed by atoms with Crippen LogP contribution >= 0.6 is 11.8 Å². The molecule has 0 amide bonds. The Balaban J connectivity index is 0.989. The highest BCUT2D eigenvalue weighted by molar-refractivity contribution is 7.99. The number of hydrogen-bond donors (Lipinski definition) is 2. The van der Waals surface area contributed by atoms with Crippen LogP contribution in [0.4, 0.5) is 25.8 Å². The van der Waals surface area contributed by atoms with E-state index in [2.05, 4.69) is 14.8 Å². The van der Waals surface area contributed by atoms with Crippen LogP contribution in [0.1, 0.15) is 13.8 Å². The first-order chi connectivity index (χ1) is 21.2. The van der Waals surface area contributed by atoms with Gasteiger partial charge in [-0.25, -0.2) is 13.6 Å². The van der Waals surface area contributed by atoms with Gasteiger partial charge in [-0.15, -0.1) is 0 Å². The lowest BCUT2D eigenvalue weighted by Gasteiger charge is -2.37. The number of rotatable bonds is 8. The third-order valence-electron chi connectivity index (χ3n) is 8.11. The highest BCUT2D eigenvalue weighted by Gasteiger charge is 2.34. The first-order valence-electron chi connectivity index (χ1n) is 14.5. The Bertz CT molecular complexity index is 1740. The summed E-state index contributed by atoms with van der Waals surface area (Å²) in [6.45, 7) is 8.21. The molecule has 3 aromatic heterocycles. The zero-order valence-electron chi connectivity index (χ0n) is 24.4. The number of aromatic nitrogens is 3. The molecular weight excluding hydrogens is 596 g/mol. The number of nitrogen functional groups attached to an aromatic ring is 1. The first kappa shape index (κ1) is 29.0. The van der Waals surface area contributed by atoms with Crippen molar-refractivity contribution < 1.29 is 31.9 Å². The third kappa shape index (κ3) is 5.38. The molecule has 4 aromatic rings. The second kappa shape index (κ2) is 11.3. The Hall–Kier alpha value is -3.79. The number of halogens is 2. The van der Waals surface area contributed by atoms with E-state index in [1.807, 2.05) is 24.8 Å². The van der Waals surface area contributed by atoms with E-state index in [-0.39, 0.29) is 24.2 Å². The van der Waals surface area contributed by atoms with Gasteiger partial charge in [-0.3, -0.25) is 4.90 Å². The predicted molar refractivity (Wildman–Crippen MR) is 160 cm³/mol. The number of ether oxygens (including phenoxy) is 3. The number of pyridine rings is 1. The average Bonchev–Trinajstić information content (AvgIpc) is 3.78. The van der Waals surface area contributed by atoms with Crippen molar-refractivity contribution in [3.63, 3.8) is 0 Å². The van der Waals surface area contributed by atoms with Crippen molar-refractivity contribution in [2.45, 2.75) is 30.8 Å². The lowest BCUT2D eigenvalue weighted by Crippen LogP contribution is -2.48. The monoisotopic (exact) mass is 630 g/mol. The highest BCUT2D eigenvalue weighted by atomic mass is 32.2. The minimum Gasteiger partial charge on any atom is -0.488 e. The molecular formula is C29H34F2N7O5S+. The maximum atomic E-state index is 14.9. The highest BCUT2D eigenvalue weighted by Crippen LogP contribution is 2.38. The third-order valence-corrected chi connectivity index (χ3v) is 9.21. The molecule has 0 radical (unpaired) electrons. The zero-order valence-corrected chi connectivity index (χ0v) is 25.2. The van der Waals surface area contributed by atoms with Crippen LogP contribution in [0.3, 0.4) is 0 Å². The Kier molecular flexibility index (Phi) is 7.43. The summed E-state index contributed by atoms with van der Waals surface area (Å²) in [7, 11) is 0. The molecule has 0 unspecified atom stereocenters. The number of nitrogens with two attached hydrogens (primary N) is 1. The smallest absolute Gasteiger partial charge is 0.452 e. The fraction of sp³-hybridized carbons (Fsp3) is 0.448. The lowest BCUT2D eigenvalue weighted by molar-refractivity contribution is -0.638. The number of fused-ring (bicyclic) bond motifs is 3. The molecule has 6 heterocycles. The minimum atomic E-state index is -0.747. The Morgan fingerprint density at radius 1 is 1.14 bits per heavy atom. The summed E-state index contributed by atoms with van der Waals surface area (Å²) in [5.41, 5.74) is 8.28. The van der Waals surface area contributed by atoms with E-state index in [0.29, 0.717) is 48.5 Å². The van der Waals surface area contributed by atoms with Crippen molar-refractivity contribution in [1.82, 2.24) is 14.6 Å². The molecule has 1 atom stereocenters. The van der Waals surface area contributed by atoms with Gasteiger partial charge < -0.3 is 34.2 Å². The van der Waals surface area contributed by atoms with Crippen molar-refractivity contribution in [3.8, 4) is 11.6 Å². The van der Waals surface area contributed by atoms with Gasteiger partial charge in [-0.1, -0.05) is 21.0 Å². The van der Waals surface area contributed by atoms with Crippen LogP contribution in [0.2, 0.25) is 0 Å². The molecule has 44 heavy (non-hydrogen) atoms. The number of piperazine rings is 1. The van der Waals surface area contributed by atoms with Crippen molar-refractivity contribution in [2.75, 3.05) is 73.9 Å². The SMILES string of the molecule is CC1(C)OC[C@@H](COc2cc(N3CCN(CCN4CSc5c4cc(N)c4[nH]c(=O)n(-c6ccco6)[n+]54)CC3)c(F)cc2F)O1. The van der Waals surface area contributed by atoms with Crippen LogP contribution in [0.5, 0.6) is 5.75 Å². The number of furan rings is 1. The van der Waals surface area contributed by atoms with Crippen LogP contribution in [0, 0.1) is 11.6 Å². The second-order valence-electron chi connectivity index (χ2n) is 11.5. The quantitative estimate of drug-likeness (QED) is 0.282. The predicted octanol–water partition coefficient (Wildman–Crippen LogP) is 2.58. The van der Waals surface area contributed by atoms with Crippen LogP contribution in [-0.2, 0) is 9.47 Å². The molecule has 0 saturated carbocycles. The van der Waals surface area contributed by atoms with E-state index in [4.69, 9.17) is 24.4 Å². The van der Waals surface area contributed by atoms with Crippen molar-refractivity contribution in [3.05, 3.63) is 58.7 Å². The van der Waals surface area contributed by atoms with Gasteiger partial charge in [-0.2, -0.15) is 4.98 Å². The largest absolute Gasteiger partial charge is 0.488 e. The van der Waals surface area contributed by atoms with Gasteiger partial charge in [0, 0.05) is 57.5 Å². The molecule has 15 heteroatoms. The average molecular weight is 631 g/mol. The standard InChI is InChI=1S/C29H33F2N7O5S/c1-29(2)42-16-18(43-29)15-41-24-14-22(19(30)12-20(24)31)35-8-5-34(6-9-35)7-10-36-17-44-27-23(36)13-21(32)26-33-28(39)37(38(26)27)25-4-3-11-40-25/h3-4,11-14,18H,5-10,15-17,32H2,1-2H3/p+1/t18-/m1/s1. The number of nitrogens with zero attached hydrogens (tertiary/aromatic N) is 5. The van der Waals surface area contributed by atoms with Gasteiger partial charge >= 0.3 is 11.3 Å². The molecule has 3 aliphatic rings. The fourth-order valence-electron chi connectivity index (χ4n) is 5.89. The molecule has 234 valence electrons. The summed E-state index contributed by atoms with van der Waals surface area (Å²) < 4.78 is 55.1. The van der Waals surface area contributed by atoms with Gasteiger partial charge in [0.15, 0.2) is 17.4 Å². The van der Waals surface area contributed by atoms with Crippen molar-refractivity contribution in [1.29, 1.82) is 0 Å². The van der Waals surface area contributed by atoms with E-state index in [1.54, 1.807) is 28.4 Å². The molecule has 3 N–H and O–H groups in total. The number of hydrogen-bond acceptors (Lipinski definition) is 10. The molecule has 2 saturated heterocycles. The minimum absolute atomic E-state index is 0.00604. The number of aromatic amines is 1. The molecule has 0 bridgehead atoms. The van der Waals surface area contributed by atoms with Crippen LogP contribution in [0.25, 0.3) is 11.5 Å². The van der Waals surface area contributed by atoms with E-state index < -0.39 is 17.4 Å². The Labute approximate surface area is 255 Å². The maximum absolute atomic E-state index is 14.9. The summed E-state index contributed by atoms with van der Waals surface area (Å²) >= 11 is 1.63. The summed E-state index contributed by atoms with van der Waals surface area (Å²) in [5.74, 6) is -0.971. The normalized spacial score (nSPS) is 20.1. The summed E-state index contributed by atoms with van der Waals surface area (Å²) in [6, 6.07) is 7.67. The number of benzene rings is 1. The van der Waals surface area contributed by atoms with Crippen molar-refractivity contribution >= 4 is 34.5 Å². The number of anilines is 3. The van der Waals surface area contributed by atoms with Gasteiger partial charge in [0.1, 0.15) is 24.2 Å². The van der Waals surface area contributed by atoms with Gasteiger partial charge in [-0.05, 0) is 26.0 Å². The summed E-state index contributed by atoms with van der Waals surface area (Å²) in [4.78, 5) is 22.1. The molecule has 12 nitrogen and oxygen atoms in total. The van der Waals surface area contributed by atoms with Crippen LogP contribution in [0.15, 0.2) is 50.8 Å². The van der Waals surface area contributed by atoms with Crippen molar-refractivity contribution in [2.24, 2.45) is 0 Å². The molecule has 1 aromatic carbocycles. The Morgan fingerprint density at radius 2 is 1.95 bits per heavy atom. The first-order valence-corrected chi connectivity index (χ1v) is 15.5. The van der Waals surface area contributed by atoms with Gasteiger partial charge in [0.25, 0.3) is 0 Å². The zero-order chi connectivity index (χ0) is 30.6. The topological polar surface area (TPSA) is 118 Å². The van der Waals surface area contributed by atoms with E-state index in [0.717, 1.165) is 43.0 Å². The summed E-state index contributed by atoms with van der Waals surface area (Å²) in [6.07, 6.45) is 1.19. The molecule has 2 fully saturated rings. The van der Waals surface area contributed by atoms with Crippen LogP contribution in [-0.4, -0.2) is 84.8 Å². The maximum Gasteiger partial charge on any atom is 0.452 e. The summed E-state index contributed by atoms with van der Waals surface area (Å²) in [5, 5.41) is 0.898. The number of thioether (sulfide) groups is 1. The van der Waals surface area contributed by atoms with E-state index in [1.165, 1.54) is 17.0 Å².